The number of hydrogen-bond acceptors (Lipinski definition) is 7. The highest BCUT2D eigenvalue weighted by Crippen LogP contribution is 2.11. The topological polar surface area (TPSA) is 98.3 Å². The van der Waals surface area contributed by atoms with Crippen molar-refractivity contribution in [2.24, 2.45) is 0 Å². The van der Waals surface area contributed by atoms with Gasteiger partial charge in [0.25, 0.3) is 0 Å². The zero-order valence-corrected chi connectivity index (χ0v) is 12.9. The highest BCUT2D eigenvalue weighted by atomic mass is 35.5. The van der Waals surface area contributed by atoms with Gasteiger partial charge >= 0.3 is 6.01 Å². The van der Waals surface area contributed by atoms with Gasteiger partial charge in [-0.3, -0.25) is 4.79 Å². The van der Waals surface area contributed by atoms with Gasteiger partial charge in [0.2, 0.25) is 17.1 Å². The van der Waals surface area contributed by atoms with Crippen LogP contribution in [-0.4, -0.2) is 54.3 Å². The van der Waals surface area contributed by atoms with Gasteiger partial charge in [0.15, 0.2) is 0 Å². The minimum absolute atomic E-state index is 0.0446. The molecule has 1 rings (SSSR count). The van der Waals surface area contributed by atoms with Crippen LogP contribution in [0.1, 0.15) is 19.8 Å². The molecule has 9 heteroatoms. The Bertz CT molecular complexity index is 447. The lowest BCUT2D eigenvalue weighted by Gasteiger charge is -2.07. The number of rotatable bonds is 10. The number of carbonyl (C=O) groups excluding carboxylic acids is 1. The van der Waals surface area contributed by atoms with Crippen molar-refractivity contribution < 1.29 is 14.3 Å². The van der Waals surface area contributed by atoms with Gasteiger partial charge in [-0.25, -0.2) is 0 Å². The van der Waals surface area contributed by atoms with Crippen LogP contribution in [-0.2, 0) is 9.53 Å². The molecule has 0 aliphatic heterocycles. The summed E-state index contributed by atoms with van der Waals surface area (Å²) in [6, 6.07) is 0.170. The van der Waals surface area contributed by atoms with Gasteiger partial charge in [-0.05, 0) is 18.0 Å². The minimum atomic E-state index is -0.0813. The maximum Gasteiger partial charge on any atom is 0.322 e. The fourth-order valence-corrected chi connectivity index (χ4v) is 1.49. The highest BCUT2D eigenvalue weighted by molar-refractivity contribution is 6.28. The van der Waals surface area contributed by atoms with E-state index in [0.29, 0.717) is 26.3 Å². The molecule has 2 N–H and O–H groups in total. The van der Waals surface area contributed by atoms with Crippen LogP contribution in [0.5, 0.6) is 6.01 Å². The van der Waals surface area contributed by atoms with E-state index < -0.39 is 0 Å². The van der Waals surface area contributed by atoms with Crippen LogP contribution in [0, 0.1) is 0 Å². The summed E-state index contributed by atoms with van der Waals surface area (Å²) in [5.41, 5.74) is 0. The van der Waals surface area contributed by atoms with Gasteiger partial charge < -0.3 is 20.1 Å². The van der Waals surface area contributed by atoms with Crippen LogP contribution < -0.4 is 15.4 Å². The monoisotopic (exact) mass is 317 g/mol. The maximum absolute atomic E-state index is 11.5. The van der Waals surface area contributed by atoms with Crippen LogP contribution in [0.15, 0.2) is 0 Å². The molecule has 0 unspecified atom stereocenters. The Hall–Kier alpha value is -1.67. The van der Waals surface area contributed by atoms with Gasteiger partial charge in [0, 0.05) is 26.6 Å². The average Bonchev–Trinajstić information content (AvgIpc) is 2.45. The summed E-state index contributed by atoms with van der Waals surface area (Å²) in [7, 11) is 1.58. The number of ether oxygens (including phenoxy) is 2. The molecule has 0 spiro atoms. The first kappa shape index (κ1) is 17.4. The Labute approximate surface area is 128 Å². The average molecular weight is 318 g/mol. The minimum Gasteiger partial charge on any atom is -0.463 e. The van der Waals surface area contributed by atoms with Crippen molar-refractivity contribution in [1.82, 2.24) is 20.3 Å². The molecule has 0 radical (unpaired) electrons. The number of anilines is 1. The molecule has 0 atom stereocenters. The SMILES string of the molecule is CCCOc1nc(Cl)nc(NCCC(=O)NCCOC)n1. The number of amides is 1. The quantitative estimate of drug-likeness (QED) is 0.618. The van der Waals surface area contributed by atoms with Gasteiger partial charge in [0.1, 0.15) is 0 Å². The second-order valence-corrected chi connectivity index (χ2v) is 4.42. The first-order valence-corrected chi connectivity index (χ1v) is 7.07. The molecule has 118 valence electrons. The molecule has 0 bridgehead atoms. The van der Waals surface area contributed by atoms with E-state index in [1.54, 1.807) is 7.11 Å². The summed E-state index contributed by atoms with van der Waals surface area (Å²) in [6.07, 6.45) is 1.13. The van der Waals surface area contributed by atoms with Crippen molar-refractivity contribution >= 4 is 23.5 Å². The lowest BCUT2D eigenvalue weighted by atomic mass is 10.4. The molecule has 1 heterocycles. The van der Waals surface area contributed by atoms with Gasteiger partial charge in [-0.2, -0.15) is 15.0 Å². The molecular weight excluding hydrogens is 298 g/mol. The van der Waals surface area contributed by atoms with Gasteiger partial charge in [0.05, 0.1) is 13.2 Å². The molecule has 1 aromatic rings. The van der Waals surface area contributed by atoms with Crippen molar-refractivity contribution in [2.75, 3.05) is 38.7 Å². The molecule has 0 aliphatic carbocycles. The zero-order chi connectivity index (χ0) is 15.5. The van der Waals surface area contributed by atoms with E-state index >= 15 is 0 Å². The molecule has 1 amide bonds. The Balaban J connectivity index is 2.37. The second-order valence-electron chi connectivity index (χ2n) is 4.08. The van der Waals surface area contributed by atoms with Crippen molar-refractivity contribution in [2.45, 2.75) is 19.8 Å². The first-order valence-electron chi connectivity index (χ1n) is 6.69. The second kappa shape index (κ2) is 10.1. The number of hydrogen-bond donors (Lipinski definition) is 2. The predicted octanol–water partition coefficient (Wildman–Crippen LogP) is 0.878. The third kappa shape index (κ3) is 7.62. The van der Waals surface area contributed by atoms with E-state index in [-0.39, 0.29) is 29.6 Å². The largest absolute Gasteiger partial charge is 0.463 e. The molecule has 0 aromatic carbocycles. The van der Waals surface area contributed by atoms with Crippen LogP contribution in [0.25, 0.3) is 0 Å². The number of aromatic nitrogens is 3. The molecule has 0 aliphatic rings. The van der Waals surface area contributed by atoms with Crippen LogP contribution in [0.4, 0.5) is 5.95 Å². The summed E-state index contributed by atoms with van der Waals surface area (Å²) in [4.78, 5) is 23.3. The van der Waals surface area contributed by atoms with E-state index in [2.05, 4.69) is 25.6 Å². The van der Waals surface area contributed by atoms with Crippen LogP contribution in [0.2, 0.25) is 5.28 Å². The summed E-state index contributed by atoms with van der Waals surface area (Å²) in [5.74, 6) is 0.202. The highest BCUT2D eigenvalue weighted by Gasteiger charge is 2.06. The molecule has 8 nitrogen and oxygen atoms in total. The molecular formula is C12H20ClN5O3. The fraction of sp³-hybridized carbons (Fsp3) is 0.667. The summed E-state index contributed by atoms with van der Waals surface area (Å²) in [5, 5.41) is 5.66. The first-order chi connectivity index (χ1) is 10.2. The lowest BCUT2D eigenvalue weighted by Crippen LogP contribution is -2.28. The van der Waals surface area contributed by atoms with E-state index in [1.165, 1.54) is 0 Å². The number of nitrogens with one attached hydrogen (secondary N) is 2. The van der Waals surface area contributed by atoms with Gasteiger partial charge in [-0.1, -0.05) is 6.92 Å². The lowest BCUT2D eigenvalue weighted by molar-refractivity contribution is -0.121. The van der Waals surface area contributed by atoms with Crippen molar-refractivity contribution in [1.29, 1.82) is 0 Å². The predicted molar refractivity (Wildman–Crippen MR) is 78.6 cm³/mol. The van der Waals surface area contributed by atoms with Gasteiger partial charge in [-0.15, -0.1) is 0 Å². The van der Waals surface area contributed by atoms with Crippen molar-refractivity contribution in [3.8, 4) is 6.01 Å². The summed E-state index contributed by atoms with van der Waals surface area (Å²) in [6.45, 7) is 3.83. The van der Waals surface area contributed by atoms with Crippen LogP contribution in [0.3, 0.4) is 0 Å². The Kier molecular flexibility index (Phi) is 8.37. The Morgan fingerprint density at radius 1 is 1.24 bits per heavy atom. The number of nitrogens with zero attached hydrogens (tertiary/aromatic N) is 3. The Morgan fingerprint density at radius 3 is 2.76 bits per heavy atom. The van der Waals surface area contributed by atoms with Crippen LogP contribution >= 0.6 is 11.6 Å². The third-order valence-corrected chi connectivity index (χ3v) is 2.46. The van der Waals surface area contributed by atoms with E-state index in [0.717, 1.165) is 6.42 Å². The molecule has 0 saturated heterocycles. The number of carbonyl (C=O) groups is 1. The fourth-order valence-electron chi connectivity index (χ4n) is 1.34. The third-order valence-electron chi connectivity index (χ3n) is 2.29. The van der Waals surface area contributed by atoms with E-state index in [1.807, 2.05) is 6.92 Å². The van der Waals surface area contributed by atoms with Crippen molar-refractivity contribution in [3.63, 3.8) is 0 Å². The number of halogens is 1. The Morgan fingerprint density at radius 2 is 2.05 bits per heavy atom. The molecule has 0 saturated carbocycles. The number of methoxy groups -OCH3 is 1. The standard InChI is InChI=1S/C12H20ClN5O3/c1-3-7-21-12-17-10(13)16-11(18-12)15-5-4-9(19)14-6-8-20-2/h3-8H2,1-2H3,(H,14,19)(H,15,16,17,18). The van der Waals surface area contributed by atoms with E-state index in [4.69, 9.17) is 21.1 Å². The summed E-state index contributed by atoms with van der Waals surface area (Å²) >= 11 is 5.78. The normalized spacial score (nSPS) is 10.2. The molecule has 0 fully saturated rings. The van der Waals surface area contributed by atoms with Crippen molar-refractivity contribution in [3.05, 3.63) is 5.28 Å². The smallest absolute Gasteiger partial charge is 0.322 e. The molecule has 1 aromatic heterocycles. The zero-order valence-electron chi connectivity index (χ0n) is 12.2. The van der Waals surface area contributed by atoms with E-state index in [9.17, 15) is 4.79 Å². The maximum atomic E-state index is 11.5. The summed E-state index contributed by atoms with van der Waals surface area (Å²) < 4.78 is 10.1. The molecule has 21 heavy (non-hydrogen) atoms.